The summed E-state index contributed by atoms with van der Waals surface area (Å²) in [5, 5.41) is 45.2. The van der Waals surface area contributed by atoms with Crippen molar-refractivity contribution in [3.63, 3.8) is 0 Å². The molecule has 10 nitrogen and oxygen atoms in total. The number of hydrogen-bond acceptors (Lipinski definition) is 9. The van der Waals surface area contributed by atoms with Crippen LogP contribution in [0.3, 0.4) is 0 Å². The quantitative estimate of drug-likeness (QED) is 0.284. The van der Waals surface area contributed by atoms with Crippen LogP contribution in [0.5, 0.6) is 5.75 Å². The summed E-state index contributed by atoms with van der Waals surface area (Å²) in [6.45, 7) is 1.71. The fraction of sp³-hybridized carbons (Fsp3) is 0.423. The molecule has 11 heteroatoms. The van der Waals surface area contributed by atoms with E-state index in [0.717, 1.165) is 0 Å². The number of aromatic hydroxyl groups is 1. The molecular weight excluding hydrogens is 502 g/mol. The van der Waals surface area contributed by atoms with Gasteiger partial charge in [-0.25, -0.2) is 0 Å². The summed E-state index contributed by atoms with van der Waals surface area (Å²) in [7, 11) is 3.17. The Hall–Kier alpha value is -3.18. The van der Waals surface area contributed by atoms with Crippen molar-refractivity contribution in [1.82, 2.24) is 9.80 Å². The van der Waals surface area contributed by atoms with E-state index in [9.17, 15) is 34.8 Å². The van der Waals surface area contributed by atoms with Crippen molar-refractivity contribution >= 4 is 29.1 Å². The standard InChI is InChI=1S/C26H28ClN3O7/c1-29(2)19-14-8-11-7-13-15(27)9-12(10-30-5-3-4-6-30)20(31)17(13)21(32)16(11)23(34)26(14,37)24(35)18(22(19)33)25(28)36/h3-4,9,11,14,19,31,33-34,37H,5-8,10H2,1-2H3,(H2,28,36)/t11-,14-,19+,26-/m0/s1. The van der Waals surface area contributed by atoms with Crippen LogP contribution in [0.4, 0.5) is 0 Å². The third-order valence-electron chi connectivity index (χ3n) is 8.03. The number of aliphatic hydroxyl groups excluding tert-OH is 2. The summed E-state index contributed by atoms with van der Waals surface area (Å²) in [4.78, 5) is 42.7. The summed E-state index contributed by atoms with van der Waals surface area (Å²) in [6.07, 6.45) is 4.16. The van der Waals surface area contributed by atoms with Gasteiger partial charge in [-0.15, -0.1) is 0 Å². The number of fused-ring (bicyclic) bond motifs is 3. The van der Waals surface area contributed by atoms with Crippen LogP contribution in [0.1, 0.15) is 27.9 Å². The number of Topliss-reactive ketones (excluding diaryl/α,β-unsaturated/α-hetero) is 2. The lowest BCUT2D eigenvalue weighted by molar-refractivity contribution is -0.148. The smallest absolute Gasteiger partial charge is 0.255 e. The number of carbonyl (C=O) groups is 3. The van der Waals surface area contributed by atoms with Gasteiger partial charge in [-0.1, -0.05) is 23.8 Å². The first kappa shape index (κ1) is 25.5. The van der Waals surface area contributed by atoms with Gasteiger partial charge in [-0.2, -0.15) is 0 Å². The van der Waals surface area contributed by atoms with Gasteiger partial charge in [0.1, 0.15) is 22.8 Å². The predicted octanol–water partition coefficient (Wildman–Crippen LogP) is 1.15. The summed E-state index contributed by atoms with van der Waals surface area (Å²) in [5.74, 6) is -6.76. The Kier molecular flexibility index (Phi) is 5.99. The van der Waals surface area contributed by atoms with E-state index in [1.165, 1.54) is 4.90 Å². The van der Waals surface area contributed by atoms with Crippen molar-refractivity contribution in [2.24, 2.45) is 17.6 Å². The maximum absolute atomic E-state index is 13.8. The van der Waals surface area contributed by atoms with E-state index in [4.69, 9.17) is 17.3 Å². The molecule has 0 radical (unpaired) electrons. The summed E-state index contributed by atoms with van der Waals surface area (Å²) in [5.41, 5.74) is 2.44. The van der Waals surface area contributed by atoms with E-state index in [2.05, 4.69) is 0 Å². The minimum atomic E-state index is -2.66. The molecule has 1 aliphatic heterocycles. The van der Waals surface area contributed by atoms with Gasteiger partial charge in [0.2, 0.25) is 5.78 Å². The number of hydrogen-bond donors (Lipinski definition) is 5. The van der Waals surface area contributed by atoms with Crippen molar-refractivity contribution < 1.29 is 34.8 Å². The molecule has 196 valence electrons. The number of aliphatic hydroxyl groups is 3. The topological polar surface area (TPSA) is 165 Å². The Morgan fingerprint density at radius 2 is 1.86 bits per heavy atom. The molecule has 6 N–H and O–H groups in total. The second kappa shape index (κ2) is 8.70. The van der Waals surface area contributed by atoms with Gasteiger partial charge >= 0.3 is 0 Å². The van der Waals surface area contributed by atoms with Gasteiger partial charge in [-0.3, -0.25) is 24.2 Å². The fourth-order valence-corrected chi connectivity index (χ4v) is 6.64. The monoisotopic (exact) mass is 529 g/mol. The molecule has 0 unspecified atom stereocenters. The molecule has 0 bridgehead atoms. The molecule has 1 heterocycles. The first-order valence-electron chi connectivity index (χ1n) is 11.9. The number of allylic oxidation sites excluding steroid dienone is 1. The number of likely N-dealkylation sites (N-methyl/N-ethyl adjacent to an activating group) is 1. The summed E-state index contributed by atoms with van der Waals surface area (Å²) < 4.78 is 0. The van der Waals surface area contributed by atoms with Gasteiger partial charge in [0.05, 0.1) is 11.6 Å². The molecule has 1 aromatic rings. The van der Waals surface area contributed by atoms with Crippen molar-refractivity contribution in [3.05, 3.63) is 62.6 Å². The normalized spacial score (nSPS) is 29.6. The average molecular weight is 530 g/mol. The number of nitrogens with zero attached hydrogens (tertiary/aromatic N) is 2. The Morgan fingerprint density at radius 3 is 2.46 bits per heavy atom. The van der Waals surface area contributed by atoms with E-state index in [1.807, 2.05) is 17.1 Å². The highest BCUT2D eigenvalue weighted by molar-refractivity contribution is 6.33. The van der Waals surface area contributed by atoms with Crippen LogP contribution in [-0.4, -0.2) is 86.5 Å². The predicted molar refractivity (Wildman–Crippen MR) is 133 cm³/mol. The highest BCUT2D eigenvalue weighted by atomic mass is 35.5. The van der Waals surface area contributed by atoms with Crippen LogP contribution in [-0.2, 0) is 22.6 Å². The number of phenolic OH excluding ortho intramolecular Hbond substituents is 1. The molecule has 3 aliphatic carbocycles. The van der Waals surface area contributed by atoms with E-state index in [1.54, 1.807) is 20.2 Å². The minimum Gasteiger partial charge on any atom is -0.510 e. The molecule has 0 saturated heterocycles. The zero-order valence-corrected chi connectivity index (χ0v) is 21.1. The van der Waals surface area contributed by atoms with E-state index in [0.29, 0.717) is 35.8 Å². The molecular formula is C26H28ClN3O7. The summed E-state index contributed by atoms with van der Waals surface area (Å²) in [6, 6.07) is 0.598. The largest absolute Gasteiger partial charge is 0.510 e. The first-order chi connectivity index (χ1) is 17.4. The van der Waals surface area contributed by atoms with Crippen LogP contribution in [0.25, 0.3) is 0 Å². The first-order valence-corrected chi connectivity index (χ1v) is 12.3. The van der Waals surface area contributed by atoms with Crippen LogP contribution < -0.4 is 5.73 Å². The third kappa shape index (κ3) is 3.54. The van der Waals surface area contributed by atoms with Crippen LogP contribution in [0.15, 0.2) is 40.9 Å². The van der Waals surface area contributed by atoms with Gasteiger partial charge in [-0.05, 0) is 44.5 Å². The number of phenols is 1. The number of halogens is 1. The molecule has 0 saturated carbocycles. The lowest BCUT2D eigenvalue weighted by atomic mass is 9.58. The highest BCUT2D eigenvalue weighted by Crippen LogP contribution is 2.53. The lowest BCUT2D eigenvalue weighted by Gasteiger charge is -2.50. The number of nitrogens with two attached hydrogens (primary N) is 1. The molecule has 0 fully saturated rings. The fourth-order valence-electron chi connectivity index (χ4n) is 6.34. The third-order valence-corrected chi connectivity index (χ3v) is 8.37. The van der Waals surface area contributed by atoms with Gasteiger partial charge in [0.15, 0.2) is 11.4 Å². The SMILES string of the molecule is CN(C)[C@H]1C(O)=C(C(N)=O)C(=O)[C@@]2(O)C(O)=C3C(=O)c4c(O)c(CN5CC=CC5)cc(Cl)c4C[C@H]3C[C@@H]12. The molecule has 37 heavy (non-hydrogen) atoms. The average Bonchev–Trinajstić information content (AvgIpc) is 3.32. The van der Waals surface area contributed by atoms with Gasteiger partial charge in [0, 0.05) is 41.7 Å². The Labute approximate surface area is 217 Å². The van der Waals surface area contributed by atoms with Crippen molar-refractivity contribution in [1.29, 1.82) is 0 Å². The Bertz CT molecular complexity index is 1340. The summed E-state index contributed by atoms with van der Waals surface area (Å²) >= 11 is 6.60. The molecule has 0 spiro atoms. The van der Waals surface area contributed by atoms with Crippen molar-refractivity contribution in [3.8, 4) is 5.75 Å². The van der Waals surface area contributed by atoms with Crippen molar-refractivity contribution in [2.45, 2.75) is 31.0 Å². The zero-order chi connectivity index (χ0) is 27.0. The van der Waals surface area contributed by atoms with Crippen molar-refractivity contribution in [2.75, 3.05) is 27.2 Å². The minimum absolute atomic E-state index is 0.0179. The number of primary amides is 1. The number of ketones is 2. The molecule has 4 aliphatic rings. The molecule has 5 rings (SSSR count). The number of carbonyl (C=O) groups excluding carboxylic acids is 3. The maximum atomic E-state index is 13.8. The lowest BCUT2D eigenvalue weighted by Crippen LogP contribution is -2.63. The van der Waals surface area contributed by atoms with E-state index >= 15 is 0 Å². The second-order valence-electron chi connectivity index (χ2n) is 10.3. The zero-order valence-electron chi connectivity index (χ0n) is 20.4. The molecule has 1 amide bonds. The van der Waals surface area contributed by atoms with E-state index in [-0.39, 0.29) is 29.7 Å². The van der Waals surface area contributed by atoms with Crippen LogP contribution >= 0.6 is 11.6 Å². The highest BCUT2D eigenvalue weighted by Gasteiger charge is 2.63. The molecule has 0 aromatic heterocycles. The second-order valence-corrected chi connectivity index (χ2v) is 10.8. The number of amides is 1. The van der Waals surface area contributed by atoms with Gasteiger partial charge in [0.25, 0.3) is 5.91 Å². The van der Waals surface area contributed by atoms with Crippen LogP contribution in [0, 0.1) is 11.8 Å². The Balaban J connectivity index is 1.66. The molecule has 1 aromatic carbocycles. The Morgan fingerprint density at radius 1 is 1.22 bits per heavy atom. The van der Waals surface area contributed by atoms with E-state index < -0.39 is 58.0 Å². The number of rotatable bonds is 4. The van der Waals surface area contributed by atoms with Crippen LogP contribution in [0.2, 0.25) is 5.02 Å². The number of benzene rings is 1. The maximum Gasteiger partial charge on any atom is 0.255 e. The van der Waals surface area contributed by atoms with Gasteiger partial charge < -0.3 is 26.2 Å². The molecule has 4 atom stereocenters.